The monoisotopic (exact) mass is 454 g/mol. The molecule has 0 bridgehead atoms. The highest BCUT2D eigenvalue weighted by Crippen LogP contribution is 2.20. The molecule has 1 heterocycles. The summed E-state index contributed by atoms with van der Waals surface area (Å²) < 4.78 is 10.4. The number of rotatable bonds is 12. The number of hydrogen-bond donors (Lipinski definition) is 3. The van der Waals surface area contributed by atoms with Gasteiger partial charge in [0.05, 0.1) is 18.4 Å². The molecule has 2 atom stereocenters. The first-order valence-electron chi connectivity index (χ1n) is 10.4. The number of amides is 1. The normalized spacial score (nSPS) is 12.4. The Hall–Kier alpha value is -4.00. The average Bonchev–Trinajstić information content (AvgIpc) is 3.18. The van der Waals surface area contributed by atoms with Crippen LogP contribution in [0.1, 0.15) is 38.7 Å². The molecular weight excluding hydrogens is 428 g/mol. The van der Waals surface area contributed by atoms with E-state index >= 15 is 0 Å². The second-order valence-electron chi connectivity index (χ2n) is 7.57. The van der Waals surface area contributed by atoms with Crippen molar-refractivity contribution in [2.75, 3.05) is 0 Å². The molecule has 1 aromatic carbocycles. The highest BCUT2D eigenvalue weighted by atomic mass is 16.6. The van der Waals surface area contributed by atoms with Gasteiger partial charge in [0.2, 0.25) is 0 Å². The molecule has 2 aromatic rings. The molecule has 0 aliphatic rings. The van der Waals surface area contributed by atoms with E-state index in [9.17, 15) is 19.2 Å². The van der Waals surface area contributed by atoms with Crippen LogP contribution >= 0.6 is 0 Å². The van der Waals surface area contributed by atoms with Crippen molar-refractivity contribution in [1.29, 1.82) is 10.7 Å². The Kier molecular flexibility index (Phi) is 9.30. The minimum atomic E-state index is -1.32. The number of para-hydroxylation sites is 1. The lowest BCUT2D eigenvalue weighted by molar-refractivity contribution is -0.157. The fourth-order valence-corrected chi connectivity index (χ4v) is 3.14. The maximum atomic E-state index is 13.0. The third-order valence-corrected chi connectivity index (χ3v) is 4.66. The molecule has 0 aliphatic heterocycles. The minimum Gasteiger partial charge on any atom is -0.461 e. The molecule has 10 nitrogen and oxygen atoms in total. The van der Waals surface area contributed by atoms with E-state index in [4.69, 9.17) is 20.1 Å². The van der Waals surface area contributed by atoms with Gasteiger partial charge in [-0.1, -0.05) is 18.2 Å². The maximum absolute atomic E-state index is 13.0. The number of benzene rings is 1. The fraction of sp³-hybridized carbons (Fsp3) is 0.391. The number of carbonyl (C=O) groups excluding carboxylic acids is 4. The Labute approximate surface area is 190 Å². The molecule has 0 fully saturated rings. The van der Waals surface area contributed by atoms with Gasteiger partial charge in [-0.25, -0.2) is 4.79 Å². The molecule has 3 N–H and O–H groups in total. The lowest BCUT2D eigenvalue weighted by atomic mass is 10.0. The predicted octanol–water partition coefficient (Wildman–Crippen LogP) is 1.97. The zero-order valence-electron chi connectivity index (χ0n) is 18.4. The van der Waals surface area contributed by atoms with Gasteiger partial charge >= 0.3 is 11.9 Å². The van der Waals surface area contributed by atoms with Gasteiger partial charge in [-0.3, -0.25) is 14.4 Å². The average molecular weight is 454 g/mol. The highest BCUT2D eigenvalue weighted by molar-refractivity contribution is 6.26. The standard InChI is InChI=1S/C23H26N4O6/c1-14(2)32-23(31)19(8-7-16(28)12-25)27-22(30)20(33-21(29)9-10-24)11-15-13-26-18-6-4-3-5-17(15)18/h3-6,12-14,19-20,25-26H,7-9,11H2,1-2H3,(H,27,30)/t19-,20?/m0/s1. The molecule has 0 saturated heterocycles. The Balaban J connectivity index is 2.24. The Morgan fingerprint density at radius 3 is 2.61 bits per heavy atom. The molecule has 0 radical (unpaired) electrons. The second-order valence-corrected chi connectivity index (χ2v) is 7.57. The summed E-state index contributed by atoms with van der Waals surface area (Å²) in [5.74, 6) is -2.90. The smallest absolute Gasteiger partial charge is 0.328 e. The SMILES string of the molecule is CC(C)OC(=O)[C@H](CCC(=O)C=N)NC(=O)C(Cc1c[nH]c2ccccc12)OC(=O)CC#N. The summed E-state index contributed by atoms with van der Waals surface area (Å²) in [4.78, 5) is 52.1. The topological polar surface area (TPSA) is 162 Å². The molecule has 2 rings (SSSR count). The molecule has 33 heavy (non-hydrogen) atoms. The van der Waals surface area contributed by atoms with Crippen LogP contribution in [0.15, 0.2) is 30.5 Å². The van der Waals surface area contributed by atoms with Gasteiger partial charge < -0.3 is 25.2 Å². The van der Waals surface area contributed by atoms with Crippen LogP contribution in [-0.2, 0) is 35.1 Å². The van der Waals surface area contributed by atoms with Crippen molar-refractivity contribution in [3.8, 4) is 6.07 Å². The quantitative estimate of drug-likeness (QED) is 0.326. The fourth-order valence-electron chi connectivity index (χ4n) is 3.14. The van der Waals surface area contributed by atoms with Crippen molar-refractivity contribution in [3.05, 3.63) is 36.0 Å². The Morgan fingerprint density at radius 1 is 1.21 bits per heavy atom. The molecule has 10 heteroatoms. The summed E-state index contributed by atoms with van der Waals surface area (Å²) in [6.45, 7) is 3.28. The molecule has 0 saturated carbocycles. The van der Waals surface area contributed by atoms with Crippen LogP contribution in [-0.4, -0.2) is 53.1 Å². The number of H-pyrrole nitrogens is 1. The molecule has 1 aromatic heterocycles. The van der Waals surface area contributed by atoms with E-state index < -0.39 is 48.3 Å². The number of ether oxygens (including phenoxy) is 2. The van der Waals surface area contributed by atoms with Gasteiger partial charge in [-0.2, -0.15) is 5.26 Å². The third kappa shape index (κ3) is 7.57. The first kappa shape index (κ1) is 25.3. The van der Waals surface area contributed by atoms with Crippen LogP contribution in [0.2, 0.25) is 0 Å². The molecule has 0 spiro atoms. The zero-order chi connectivity index (χ0) is 24.4. The second kappa shape index (κ2) is 12.1. The number of nitriles is 1. The number of nitrogens with zero attached hydrogens (tertiary/aromatic N) is 1. The van der Waals surface area contributed by atoms with E-state index in [-0.39, 0.29) is 19.3 Å². The number of hydrogen-bond acceptors (Lipinski definition) is 8. The van der Waals surface area contributed by atoms with Crippen molar-refractivity contribution in [1.82, 2.24) is 10.3 Å². The van der Waals surface area contributed by atoms with Gasteiger partial charge in [0, 0.05) is 29.9 Å². The number of nitrogens with one attached hydrogen (secondary N) is 3. The number of fused-ring (bicyclic) bond motifs is 1. The molecule has 0 aliphatic carbocycles. The number of esters is 2. The number of ketones is 1. The van der Waals surface area contributed by atoms with Crippen LogP contribution in [0.4, 0.5) is 0 Å². The zero-order valence-corrected chi connectivity index (χ0v) is 18.4. The molecule has 1 unspecified atom stereocenters. The van der Waals surface area contributed by atoms with Gasteiger partial charge in [0.1, 0.15) is 12.5 Å². The summed E-state index contributed by atoms with van der Waals surface area (Å²) in [5.41, 5.74) is 1.54. The predicted molar refractivity (Wildman–Crippen MR) is 118 cm³/mol. The van der Waals surface area contributed by atoms with Crippen LogP contribution < -0.4 is 5.32 Å². The number of Topliss-reactive ketones (excluding diaryl/α,β-unsaturated/α-hetero) is 1. The van der Waals surface area contributed by atoms with Crippen LogP contribution in [0.5, 0.6) is 0 Å². The summed E-state index contributed by atoms with van der Waals surface area (Å²) in [6.07, 6.45) is -0.223. The van der Waals surface area contributed by atoms with E-state index in [0.29, 0.717) is 11.8 Å². The number of carbonyl (C=O) groups is 4. The van der Waals surface area contributed by atoms with E-state index in [0.717, 1.165) is 10.9 Å². The van der Waals surface area contributed by atoms with Gasteiger partial charge in [0.15, 0.2) is 11.9 Å². The van der Waals surface area contributed by atoms with E-state index in [2.05, 4.69) is 10.3 Å². The molecule has 1 amide bonds. The van der Waals surface area contributed by atoms with Crippen molar-refractivity contribution in [2.24, 2.45) is 0 Å². The van der Waals surface area contributed by atoms with Crippen molar-refractivity contribution in [2.45, 2.75) is 57.8 Å². The molecule has 174 valence electrons. The summed E-state index contributed by atoms with van der Waals surface area (Å²) in [5, 5.41) is 19.1. The third-order valence-electron chi connectivity index (χ3n) is 4.66. The first-order valence-corrected chi connectivity index (χ1v) is 10.4. The van der Waals surface area contributed by atoms with E-state index in [1.165, 1.54) is 0 Å². The summed E-state index contributed by atoms with van der Waals surface area (Å²) in [6, 6.07) is 7.87. The van der Waals surface area contributed by atoms with E-state index in [1.54, 1.807) is 26.1 Å². The van der Waals surface area contributed by atoms with Crippen LogP contribution in [0.25, 0.3) is 10.9 Å². The van der Waals surface area contributed by atoms with Crippen LogP contribution in [0.3, 0.4) is 0 Å². The largest absolute Gasteiger partial charge is 0.461 e. The summed E-state index contributed by atoms with van der Waals surface area (Å²) >= 11 is 0. The van der Waals surface area contributed by atoms with Gasteiger partial charge in [-0.15, -0.1) is 0 Å². The Bertz CT molecular complexity index is 1070. The number of aromatic amines is 1. The minimum absolute atomic E-state index is 0.00160. The van der Waals surface area contributed by atoms with Crippen LogP contribution in [0, 0.1) is 16.7 Å². The highest BCUT2D eigenvalue weighted by Gasteiger charge is 2.30. The van der Waals surface area contributed by atoms with Crippen molar-refractivity contribution in [3.63, 3.8) is 0 Å². The Morgan fingerprint density at radius 2 is 1.94 bits per heavy atom. The molecular formula is C23H26N4O6. The lowest BCUT2D eigenvalue weighted by Crippen LogP contribution is -2.48. The van der Waals surface area contributed by atoms with E-state index in [1.807, 2.05) is 24.3 Å². The number of aromatic nitrogens is 1. The first-order chi connectivity index (χ1) is 15.7. The summed E-state index contributed by atoms with van der Waals surface area (Å²) in [7, 11) is 0. The van der Waals surface area contributed by atoms with Gasteiger partial charge in [0.25, 0.3) is 5.91 Å². The lowest BCUT2D eigenvalue weighted by Gasteiger charge is -2.22. The van der Waals surface area contributed by atoms with Gasteiger partial charge in [-0.05, 0) is 31.9 Å². The van der Waals surface area contributed by atoms with Crippen molar-refractivity contribution >= 4 is 40.7 Å². The maximum Gasteiger partial charge on any atom is 0.328 e. The van der Waals surface area contributed by atoms with Crippen molar-refractivity contribution < 1.29 is 28.7 Å².